The average molecular weight is 1840 g/mol. The minimum atomic E-state index is 0.137. The van der Waals surface area contributed by atoms with Crippen molar-refractivity contribution in [3.8, 4) is 103 Å². The number of thiophene rings is 8. The van der Waals surface area contributed by atoms with Crippen LogP contribution in [0.2, 0.25) is 0 Å². The highest BCUT2D eigenvalue weighted by Crippen LogP contribution is 2.48. The first-order valence-corrected chi connectivity index (χ1v) is 50.1. The molecule has 0 saturated carbocycles. The average Bonchev–Trinajstić information content (AvgIpc) is 1.05. The molecular formula is C114H92N4O4S8. The molecule has 2 N–H and O–H groups in total. The van der Waals surface area contributed by atoms with E-state index in [1.54, 1.807) is 59.6 Å². The fraction of sp³-hybridized carbons (Fsp3) is 0.0877. The summed E-state index contributed by atoms with van der Waals surface area (Å²) in [6, 6.07) is 141. The van der Waals surface area contributed by atoms with Gasteiger partial charge < -0.3 is 39.3 Å². The predicted molar refractivity (Wildman–Crippen MR) is 562 cm³/mol. The van der Waals surface area contributed by atoms with Crippen LogP contribution in [-0.2, 0) is 35.2 Å². The molecule has 20 aromatic rings. The molecule has 0 atom stereocenters. The van der Waals surface area contributed by atoms with Gasteiger partial charge in [-0.05, 0) is 332 Å². The fourth-order valence-corrected chi connectivity index (χ4v) is 23.4. The second-order valence-electron chi connectivity index (χ2n) is 31.4. The van der Waals surface area contributed by atoms with Crippen molar-refractivity contribution in [3.05, 3.63) is 432 Å². The summed E-state index contributed by atoms with van der Waals surface area (Å²) in [7, 11) is 3.51. The van der Waals surface area contributed by atoms with Crippen molar-refractivity contribution in [2.75, 3.05) is 60.2 Å². The van der Waals surface area contributed by atoms with Gasteiger partial charge in [0.2, 0.25) is 0 Å². The van der Waals surface area contributed by atoms with Crippen LogP contribution in [0.15, 0.2) is 410 Å². The van der Waals surface area contributed by atoms with Crippen molar-refractivity contribution in [2.45, 2.75) is 25.7 Å². The first-order valence-electron chi connectivity index (χ1n) is 43.3. The lowest BCUT2D eigenvalue weighted by molar-refractivity contribution is 0.202. The Hall–Kier alpha value is -12.7. The Balaban J connectivity index is 0.000000169. The molecule has 130 heavy (non-hydrogen) atoms. The second kappa shape index (κ2) is 41.4. The molecule has 8 nitrogen and oxygen atoms in total. The number of nitrogens with zero attached hydrogens (tertiary/aromatic N) is 4. The summed E-state index contributed by atoms with van der Waals surface area (Å²) >= 11 is 14.4. The smallest absolute Gasteiger partial charge is 0.0502 e. The topological polar surface area (TPSA) is 71.9 Å². The molecule has 0 radical (unpaired) electrons. The lowest BCUT2D eigenvalue weighted by Crippen LogP contribution is -2.10. The Morgan fingerprint density at radius 2 is 0.346 bits per heavy atom. The molecule has 12 aromatic carbocycles. The van der Waals surface area contributed by atoms with Gasteiger partial charge in [-0.3, -0.25) is 0 Å². The maximum atomic E-state index is 9.50. The fourth-order valence-electron chi connectivity index (χ4n) is 16.2. The maximum Gasteiger partial charge on any atom is 0.0502 e. The third kappa shape index (κ3) is 20.2. The molecular weight excluding hydrogens is 1750 g/mol. The quantitative estimate of drug-likeness (QED) is 0.0432. The number of methoxy groups -OCH3 is 2. The van der Waals surface area contributed by atoms with Gasteiger partial charge in [-0.25, -0.2) is 0 Å². The van der Waals surface area contributed by atoms with Crippen molar-refractivity contribution >= 4 is 159 Å². The van der Waals surface area contributed by atoms with E-state index in [1.165, 1.54) is 114 Å². The van der Waals surface area contributed by atoms with Crippen molar-refractivity contribution in [2.24, 2.45) is 0 Å². The van der Waals surface area contributed by atoms with Gasteiger partial charge in [-0.2, -0.15) is 0 Å². The maximum absolute atomic E-state index is 9.50. The molecule has 0 saturated heterocycles. The standard InChI is InChI=1S/C58H48N2O2S4.C56H44N2O2S4/c1-61-37-35-41-7-19-47(20-8-41)59(49-23-11-43(12-24-49)53-5-3-39-63-53)51-27-15-45(16-28-51)55-31-33-57(65-55)58-34-32-56(66-58)46-17-29-52(30-18-46)60(48-21-9-42(10-22-48)36-38-62-2)50-25-13-44(14-26-50)54-6-4-40-64-54;59-35-33-39-5-17-45(18-6-39)57(47-21-9-41(10-22-47)51-3-1-37-61-51)49-25-13-43(14-26-49)53-29-31-55(63-53)56-32-30-54(64-56)44-15-27-50(28-16-44)58(46-19-7-40(8-20-46)34-36-60)48-23-11-42(12-24-48)52-4-2-38-62-52/h3-34,39-40H,35-38H2,1-2H3;1-32,37-38,59-60H,33-36H2. The summed E-state index contributed by atoms with van der Waals surface area (Å²) in [4.78, 5) is 24.3. The van der Waals surface area contributed by atoms with Crippen LogP contribution < -0.4 is 19.6 Å². The number of hydrogen-bond donors (Lipinski definition) is 2. The Morgan fingerprint density at radius 1 is 0.185 bits per heavy atom. The minimum absolute atomic E-state index is 0.137. The van der Waals surface area contributed by atoms with Crippen LogP contribution in [0, 0.1) is 0 Å². The van der Waals surface area contributed by atoms with Gasteiger partial charge in [-0.1, -0.05) is 170 Å². The lowest BCUT2D eigenvalue weighted by atomic mass is 10.1. The number of benzene rings is 12. The van der Waals surface area contributed by atoms with Crippen LogP contribution in [0.3, 0.4) is 0 Å². The lowest BCUT2D eigenvalue weighted by Gasteiger charge is -2.26. The number of anilines is 12. The number of aliphatic hydroxyl groups is 2. The van der Waals surface area contributed by atoms with Crippen LogP contribution in [0.1, 0.15) is 22.3 Å². The molecule has 8 heterocycles. The zero-order valence-corrected chi connectivity index (χ0v) is 78.2. The molecule has 0 fully saturated rings. The molecule has 0 amide bonds. The van der Waals surface area contributed by atoms with Crippen LogP contribution in [0.4, 0.5) is 68.2 Å². The van der Waals surface area contributed by atoms with Crippen molar-refractivity contribution in [1.82, 2.24) is 0 Å². The molecule has 20 rings (SSSR count). The van der Waals surface area contributed by atoms with Gasteiger partial charge in [0, 0.05) is 154 Å². The van der Waals surface area contributed by atoms with Gasteiger partial charge in [0.05, 0.1) is 13.2 Å². The largest absolute Gasteiger partial charge is 0.396 e. The SMILES string of the molecule is COCCc1ccc(N(c2ccc(-c3cccs3)cc2)c2ccc(-c3ccc(-c4ccc(-c5ccc(N(c6ccc(CCOC)cc6)c6ccc(-c7cccs7)cc6)cc5)s4)s3)cc2)cc1.OCCc1ccc(N(c2ccc(-c3cccs3)cc2)c2ccc(-c3ccc(-c4ccc(-c5ccc(N(c6ccc(CCO)cc6)c6ccc(-c7cccs7)cc6)cc5)s4)s3)cc2)cc1. The Bertz CT molecular complexity index is 6510. The van der Waals surface area contributed by atoms with E-state index in [4.69, 9.17) is 9.47 Å². The first kappa shape index (κ1) is 86.6. The summed E-state index contributed by atoms with van der Waals surface area (Å²) in [5.41, 5.74) is 27.6. The van der Waals surface area contributed by atoms with E-state index in [1.807, 2.05) is 45.3 Å². The summed E-state index contributed by atoms with van der Waals surface area (Å²) in [6.07, 6.45) is 3.07. The highest BCUT2D eigenvalue weighted by atomic mass is 32.1. The number of ether oxygens (including phenoxy) is 2. The van der Waals surface area contributed by atoms with E-state index in [0.717, 1.165) is 92.2 Å². The van der Waals surface area contributed by atoms with Gasteiger partial charge in [0.25, 0.3) is 0 Å². The van der Waals surface area contributed by atoms with E-state index in [2.05, 4.69) is 429 Å². The van der Waals surface area contributed by atoms with Crippen LogP contribution in [-0.4, -0.2) is 50.9 Å². The zero-order chi connectivity index (χ0) is 87.9. The molecule has 0 aliphatic rings. The summed E-state index contributed by atoms with van der Waals surface area (Å²) < 4.78 is 10.7. The molecule has 0 aliphatic heterocycles. The zero-order valence-electron chi connectivity index (χ0n) is 71.7. The first-order chi connectivity index (χ1) is 64.2. The summed E-state index contributed by atoms with van der Waals surface area (Å²) in [6.45, 7) is 1.69. The Labute approximate surface area is 792 Å². The Morgan fingerprint density at radius 3 is 0.508 bits per heavy atom. The molecule has 640 valence electrons. The second-order valence-corrected chi connectivity index (χ2v) is 39.5. The molecule has 0 aliphatic carbocycles. The molecule has 0 unspecified atom stereocenters. The Kier molecular flexibility index (Phi) is 27.6. The van der Waals surface area contributed by atoms with Crippen LogP contribution in [0.25, 0.3) is 103 Å². The van der Waals surface area contributed by atoms with Crippen molar-refractivity contribution < 1.29 is 19.7 Å². The predicted octanol–water partition coefficient (Wildman–Crippen LogP) is 33.9. The van der Waals surface area contributed by atoms with Crippen LogP contribution >= 0.6 is 90.7 Å². The molecule has 0 bridgehead atoms. The van der Waals surface area contributed by atoms with E-state index >= 15 is 0 Å². The number of hydrogen-bond acceptors (Lipinski definition) is 16. The van der Waals surface area contributed by atoms with Gasteiger partial charge in [0.1, 0.15) is 0 Å². The molecule has 16 heteroatoms. The van der Waals surface area contributed by atoms with Gasteiger partial charge >= 0.3 is 0 Å². The van der Waals surface area contributed by atoms with E-state index < -0.39 is 0 Å². The number of rotatable bonds is 32. The van der Waals surface area contributed by atoms with E-state index in [9.17, 15) is 10.2 Å². The molecule has 0 spiro atoms. The van der Waals surface area contributed by atoms with Gasteiger partial charge in [0.15, 0.2) is 0 Å². The molecule has 8 aromatic heterocycles. The number of aliphatic hydroxyl groups excluding tert-OH is 2. The highest BCUT2D eigenvalue weighted by molar-refractivity contribution is 7.26. The normalized spacial score (nSPS) is 11.2. The van der Waals surface area contributed by atoms with Crippen molar-refractivity contribution in [1.29, 1.82) is 0 Å². The van der Waals surface area contributed by atoms with Crippen molar-refractivity contribution in [3.63, 3.8) is 0 Å². The van der Waals surface area contributed by atoms with Crippen LogP contribution in [0.5, 0.6) is 0 Å². The van der Waals surface area contributed by atoms with E-state index in [-0.39, 0.29) is 13.2 Å². The minimum Gasteiger partial charge on any atom is -0.396 e. The third-order valence-electron chi connectivity index (χ3n) is 23.0. The highest BCUT2D eigenvalue weighted by Gasteiger charge is 2.22. The van der Waals surface area contributed by atoms with Gasteiger partial charge in [-0.15, -0.1) is 90.7 Å². The summed E-state index contributed by atoms with van der Waals surface area (Å²) in [5.74, 6) is 0. The van der Waals surface area contributed by atoms with E-state index in [0.29, 0.717) is 26.1 Å². The monoisotopic (exact) mass is 1840 g/mol. The summed E-state index contributed by atoms with van der Waals surface area (Å²) in [5, 5.41) is 27.5. The third-order valence-corrected chi connectivity index (χ3v) is 31.6.